The number of nitrogens with zero attached hydrogens (tertiary/aromatic N) is 1. The Morgan fingerprint density at radius 2 is 2.50 bits per heavy atom. The zero-order chi connectivity index (χ0) is 10.4. The highest BCUT2D eigenvalue weighted by Gasteiger charge is 2.06. The topological polar surface area (TPSA) is 67.0 Å². The molecular formula is C8H13N3O2S. The van der Waals surface area contributed by atoms with E-state index in [1.54, 1.807) is 11.8 Å². The summed E-state index contributed by atoms with van der Waals surface area (Å²) in [5, 5.41) is 3.03. The molecule has 6 heteroatoms. The second kappa shape index (κ2) is 5.54. The van der Waals surface area contributed by atoms with Crippen LogP contribution in [0.1, 0.15) is 0 Å². The fourth-order valence-corrected chi connectivity index (χ4v) is 1.28. The van der Waals surface area contributed by atoms with E-state index < -0.39 is 0 Å². The molecule has 0 atom stereocenters. The average Bonchev–Trinajstić information content (AvgIpc) is 2.18. The van der Waals surface area contributed by atoms with E-state index in [0.717, 1.165) is 12.3 Å². The molecule has 1 rings (SSSR count). The van der Waals surface area contributed by atoms with E-state index in [9.17, 15) is 4.79 Å². The monoisotopic (exact) mass is 215 g/mol. The molecule has 78 valence electrons. The Morgan fingerprint density at radius 1 is 1.71 bits per heavy atom. The summed E-state index contributed by atoms with van der Waals surface area (Å²) in [6, 6.07) is 0. The maximum Gasteiger partial charge on any atom is 0.295 e. The first-order chi connectivity index (χ1) is 6.79. The van der Waals surface area contributed by atoms with Crippen LogP contribution in [0, 0.1) is 0 Å². The van der Waals surface area contributed by atoms with Crippen molar-refractivity contribution in [2.75, 3.05) is 31.0 Å². The highest BCUT2D eigenvalue weighted by atomic mass is 32.2. The minimum Gasteiger partial charge on any atom is -0.489 e. The summed E-state index contributed by atoms with van der Waals surface area (Å²) in [5.74, 6) is 1.68. The van der Waals surface area contributed by atoms with Crippen LogP contribution in [0.3, 0.4) is 0 Å². The third-order valence-corrected chi connectivity index (χ3v) is 2.23. The smallest absolute Gasteiger partial charge is 0.295 e. The first-order valence-electron chi connectivity index (χ1n) is 4.14. The molecule has 2 N–H and O–H groups in total. The van der Waals surface area contributed by atoms with E-state index in [4.69, 9.17) is 4.74 Å². The summed E-state index contributed by atoms with van der Waals surface area (Å²) in [6.07, 6.45) is 3.37. The lowest BCUT2D eigenvalue weighted by Crippen LogP contribution is -2.15. The predicted octanol–water partition coefficient (Wildman–Crippen LogP) is 0.553. The van der Waals surface area contributed by atoms with Crippen LogP contribution < -0.4 is 15.6 Å². The van der Waals surface area contributed by atoms with Crippen LogP contribution >= 0.6 is 11.8 Å². The van der Waals surface area contributed by atoms with Gasteiger partial charge in [0.2, 0.25) is 5.75 Å². The average molecular weight is 215 g/mol. The van der Waals surface area contributed by atoms with Crippen molar-refractivity contribution in [3.63, 3.8) is 0 Å². The Hall–Kier alpha value is -1.17. The molecule has 0 radical (unpaired) electrons. The van der Waals surface area contributed by atoms with Crippen molar-refractivity contribution in [1.29, 1.82) is 0 Å². The van der Waals surface area contributed by atoms with Gasteiger partial charge in [-0.3, -0.25) is 4.79 Å². The fraction of sp³-hybridized carbons (Fsp3) is 0.500. The largest absolute Gasteiger partial charge is 0.489 e. The number of aromatic amines is 1. The zero-order valence-corrected chi connectivity index (χ0v) is 8.98. The van der Waals surface area contributed by atoms with Gasteiger partial charge < -0.3 is 15.0 Å². The highest BCUT2D eigenvalue weighted by molar-refractivity contribution is 7.98. The summed E-state index contributed by atoms with van der Waals surface area (Å²) < 4.78 is 4.93. The molecule has 14 heavy (non-hydrogen) atoms. The molecular weight excluding hydrogens is 202 g/mol. The van der Waals surface area contributed by atoms with Crippen LogP contribution in [-0.2, 0) is 0 Å². The van der Waals surface area contributed by atoms with Crippen LogP contribution in [-0.4, -0.2) is 35.6 Å². The quantitative estimate of drug-likeness (QED) is 0.702. The molecule has 0 spiro atoms. The minimum absolute atomic E-state index is 0.230. The maximum absolute atomic E-state index is 11.2. The Morgan fingerprint density at radius 3 is 3.14 bits per heavy atom. The molecule has 0 fully saturated rings. The van der Waals surface area contributed by atoms with Crippen molar-refractivity contribution < 1.29 is 4.74 Å². The SMILES string of the molecule is COc1c(NCCSC)nc[nH]c1=O. The number of hydrogen-bond acceptors (Lipinski definition) is 5. The molecule has 0 aliphatic heterocycles. The molecule has 0 amide bonds. The second-order valence-electron chi connectivity index (χ2n) is 2.53. The molecule has 0 bridgehead atoms. The molecule has 1 aromatic heterocycles. The van der Waals surface area contributed by atoms with Crippen molar-refractivity contribution in [3.05, 3.63) is 16.7 Å². The number of H-pyrrole nitrogens is 1. The van der Waals surface area contributed by atoms with E-state index in [2.05, 4.69) is 15.3 Å². The van der Waals surface area contributed by atoms with Gasteiger partial charge >= 0.3 is 0 Å². The van der Waals surface area contributed by atoms with Gasteiger partial charge in [-0.05, 0) is 6.26 Å². The van der Waals surface area contributed by atoms with Crippen molar-refractivity contribution in [1.82, 2.24) is 9.97 Å². The van der Waals surface area contributed by atoms with Gasteiger partial charge in [0.05, 0.1) is 13.4 Å². The molecule has 0 aliphatic rings. The minimum atomic E-state index is -0.269. The second-order valence-corrected chi connectivity index (χ2v) is 3.52. The number of hydrogen-bond donors (Lipinski definition) is 2. The third kappa shape index (κ3) is 2.66. The molecule has 0 aromatic carbocycles. The highest BCUT2D eigenvalue weighted by Crippen LogP contribution is 2.13. The molecule has 0 unspecified atom stereocenters. The van der Waals surface area contributed by atoms with E-state index in [0.29, 0.717) is 5.82 Å². The molecule has 1 aromatic rings. The van der Waals surface area contributed by atoms with Gasteiger partial charge in [-0.1, -0.05) is 0 Å². The zero-order valence-electron chi connectivity index (χ0n) is 8.16. The Labute approximate surface area is 86.3 Å². The van der Waals surface area contributed by atoms with Gasteiger partial charge in [-0.2, -0.15) is 11.8 Å². The van der Waals surface area contributed by atoms with Crippen molar-refractivity contribution in [3.8, 4) is 5.75 Å². The van der Waals surface area contributed by atoms with Crippen molar-refractivity contribution in [2.45, 2.75) is 0 Å². The van der Waals surface area contributed by atoms with Gasteiger partial charge in [0.15, 0.2) is 5.82 Å². The number of thioether (sulfide) groups is 1. The van der Waals surface area contributed by atoms with Gasteiger partial charge in [-0.25, -0.2) is 4.98 Å². The summed E-state index contributed by atoms with van der Waals surface area (Å²) >= 11 is 1.72. The van der Waals surface area contributed by atoms with E-state index in [1.165, 1.54) is 13.4 Å². The first-order valence-corrected chi connectivity index (χ1v) is 5.53. The Bertz CT molecular complexity index is 340. The summed E-state index contributed by atoms with van der Waals surface area (Å²) in [5.41, 5.74) is -0.269. The lowest BCUT2D eigenvalue weighted by molar-refractivity contribution is 0.408. The Balaban J connectivity index is 2.75. The normalized spacial score (nSPS) is 9.86. The van der Waals surface area contributed by atoms with Gasteiger partial charge in [0.1, 0.15) is 0 Å². The predicted molar refractivity (Wildman–Crippen MR) is 58.3 cm³/mol. The summed E-state index contributed by atoms with van der Waals surface area (Å²) in [4.78, 5) is 17.7. The van der Waals surface area contributed by atoms with Gasteiger partial charge in [0, 0.05) is 12.3 Å². The van der Waals surface area contributed by atoms with Crippen molar-refractivity contribution in [2.24, 2.45) is 0 Å². The van der Waals surface area contributed by atoms with Crippen LogP contribution in [0.25, 0.3) is 0 Å². The number of anilines is 1. The first kappa shape index (κ1) is 10.9. The third-order valence-electron chi connectivity index (χ3n) is 1.61. The van der Waals surface area contributed by atoms with E-state index in [-0.39, 0.29) is 11.3 Å². The van der Waals surface area contributed by atoms with Crippen LogP contribution in [0.5, 0.6) is 5.75 Å². The van der Waals surface area contributed by atoms with Crippen LogP contribution in [0.15, 0.2) is 11.1 Å². The lowest BCUT2D eigenvalue weighted by Gasteiger charge is -2.07. The van der Waals surface area contributed by atoms with E-state index in [1.807, 2.05) is 6.26 Å². The summed E-state index contributed by atoms with van der Waals surface area (Å²) in [6.45, 7) is 0.758. The van der Waals surface area contributed by atoms with Crippen LogP contribution in [0.2, 0.25) is 0 Å². The fourth-order valence-electron chi connectivity index (χ4n) is 0.974. The number of methoxy groups -OCH3 is 1. The molecule has 0 aliphatic carbocycles. The number of ether oxygens (including phenoxy) is 1. The van der Waals surface area contributed by atoms with Gasteiger partial charge in [0.25, 0.3) is 5.56 Å². The summed E-state index contributed by atoms with van der Waals surface area (Å²) in [7, 11) is 1.45. The number of rotatable bonds is 5. The standard InChI is InChI=1S/C8H13N3O2S/c1-13-6-7(9-3-4-14-2)10-5-11-8(6)12/h5H,3-4H2,1-2H3,(H2,9,10,11,12). The van der Waals surface area contributed by atoms with E-state index >= 15 is 0 Å². The lowest BCUT2D eigenvalue weighted by atomic mass is 10.5. The maximum atomic E-state index is 11.2. The molecule has 0 saturated heterocycles. The number of aromatic nitrogens is 2. The van der Waals surface area contributed by atoms with Crippen LogP contribution in [0.4, 0.5) is 5.82 Å². The molecule has 1 heterocycles. The molecule has 5 nitrogen and oxygen atoms in total. The van der Waals surface area contributed by atoms with Gasteiger partial charge in [-0.15, -0.1) is 0 Å². The van der Waals surface area contributed by atoms with Crippen molar-refractivity contribution >= 4 is 17.6 Å². The Kier molecular flexibility index (Phi) is 4.31. The number of nitrogens with one attached hydrogen (secondary N) is 2. The molecule has 0 saturated carbocycles.